The van der Waals surface area contributed by atoms with Gasteiger partial charge in [0, 0.05) is 0 Å². The average Bonchev–Trinajstić information content (AvgIpc) is 2.49. The Hall–Kier alpha value is -2.05. The highest BCUT2D eigenvalue weighted by molar-refractivity contribution is 5.77. The molecule has 7 heteroatoms. The van der Waals surface area contributed by atoms with Gasteiger partial charge in [0.15, 0.2) is 11.2 Å². The molecule has 0 aliphatic carbocycles. The van der Waals surface area contributed by atoms with Crippen molar-refractivity contribution in [3.05, 3.63) is 22.8 Å². The van der Waals surface area contributed by atoms with Crippen LogP contribution < -0.4 is 0 Å². The van der Waals surface area contributed by atoms with Crippen LogP contribution >= 0.6 is 0 Å². The Bertz CT molecular complexity index is 436. The Balaban J connectivity index is 2.82. The number of aromatic nitrogens is 4. The summed E-state index contributed by atoms with van der Waals surface area (Å²) < 4.78 is 0. The predicted octanol–water partition coefficient (Wildman–Crippen LogP) is 0.261. The molecule has 2 heterocycles. The Morgan fingerprint density at radius 1 is 1.42 bits per heavy atom. The zero-order valence-corrected chi connectivity index (χ0v) is 5.76. The summed E-state index contributed by atoms with van der Waals surface area (Å²) in [5.74, 6) is -0.252. The highest BCUT2D eigenvalue weighted by Crippen LogP contribution is 2.15. The standard InChI is InChI=1S/C5H3N5O2/c11-10(12)5-3-4(7-1-6-3)8-2-9-5/h1-2H,(H,6,7,8,9). The number of nitro groups is 1. The van der Waals surface area contributed by atoms with E-state index in [0.29, 0.717) is 5.65 Å². The van der Waals surface area contributed by atoms with Crippen molar-refractivity contribution >= 4 is 17.0 Å². The number of hydrogen-bond acceptors (Lipinski definition) is 5. The maximum Gasteiger partial charge on any atom is 0.392 e. The number of fused-ring (bicyclic) bond motifs is 1. The highest BCUT2D eigenvalue weighted by Gasteiger charge is 2.14. The molecule has 0 aliphatic rings. The lowest BCUT2D eigenvalue weighted by molar-refractivity contribution is -0.387. The van der Waals surface area contributed by atoms with Gasteiger partial charge in [0.1, 0.15) is 0 Å². The van der Waals surface area contributed by atoms with Gasteiger partial charge in [0.25, 0.3) is 0 Å². The lowest BCUT2D eigenvalue weighted by Crippen LogP contribution is -1.93. The van der Waals surface area contributed by atoms with Crippen LogP contribution in [0.5, 0.6) is 0 Å². The molecule has 0 unspecified atom stereocenters. The van der Waals surface area contributed by atoms with Crippen LogP contribution in [0, 0.1) is 10.1 Å². The molecule has 0 aliphatic heterocycles. The Kier molecular flexibility index (Phi) is 1.23. The summed E-state index contributed by atoms with van der Waals surface area (Å²) in [4.78, 5) is 23.4. The number of H-pyrrole nitrogens is 1. The molecule has 1 N–H and O–H groups in total. The summed E-state index contributed by atoms with van der Waals surface area (Å²) in [5.41, 5.74) is 0.555. The minimum absolute atomic E-state index is 0.252. The minimum atomic E-state index is -0.581. The van der Waals surface area contributed by atoms with Gasteiger partial charge in [-0.1, -0.05) is 0 Å². The van der Waals surface area contributed by atoms with Gasteiger partial charge in [-0.3, -0.25) is 0 Å². The molecular formula is C5H3N5O2. The lowest BCUT2D eigenvalue weighted by atomic mass is 10.5. The number of nitrogens with one attached hydrogen (secondary N) is 1. The van der Waals surface area contributed by atoms with Crippen LogP contribution in [0.3, 0.4) is 0 Å². The molecule has 0 bridgehead atoms. The fourth-order valence-electron chi connectivity index (χ4n) is 0.891. The van der Waals surface area contributed by atoms with E-state index in [1.807, 2.05) is 0 Å². The number of aromatic amines is 1. The summed E-state index contributed by atoms with van der Waals surface area (Å²) in [7, 11) is 0. The van der Waals surface area contributed by atoms with Crippen molar-refractivity contribution in [3.63, 3.8) is 0 Å². The largest absolute Gasteiger partial charge is 0.392 e. The maximum absolute atomic E-state index is 10.4. The van der Waals surface area contributed by atoms with Gasteiger partial charge in [-0.25, -0.2) is 4.98 Å². The third-order valence-corrected chi connectivity index (χ3v) is 1.38. The van der Waals surface area contributed by atoms with E-state index in [1.165, 1.54) is 6.33 Å². The Labute approximate surface area is 65.6 Å². The normalized spacial score (nSPS) is 10.3. The first-order valence-corrected chi connectivity index (χ1v) is 3.07. The SMILES string of the molecule is O=[N+]([O-])c1ncnc2nc[nH]c12. The third-order valence-electron chi connectivity index (χ3n) is 1.38. The van der Waals surface area contributed by atoms with Gasteiger partial charge >= 0.3 is 5.82 Å². The van der Waals surface area contributed by atoms with Crippen LogP contribution in [0.2, 0.25) is 0 Å². The van der Waals surface area contributed by atoms with Crippen molar-refractivity contribution in [2.24, 2.45) is 0 Å². The second-order valence-corrected chi connectivity index (χ2v) is 2.06. The Morgan fingerprint density at radius 3 is 3.00 bits per heavy atom. The molecule has 2 aromatic rings. The lowest BCUT2D eigenvalue weighted by Gasteiger charge is -1.90. The van der Waals surface area contributed by atoms with Gasteiger partial charge in [-0.2, -0.15) is 4.98 Å². The molecular weight excluding hydrogens is 162 g/mol. The second-order valence-electron chi connectivity index (χ2n) is 2.06. The van der Waals surface area contributed by atoms with Crippen LogP contribution in [0.1, 0.15) is 0 Å². The summed E-state index contributed by atoms with van der Waals surface area (Å²) in [5, 5.41) is 10.4. The van der Waals surface area contributed by atoms with E-state index in [2.05, 4.69) is 19.9 Å². The number of imidazole rings is 1. The molecule has 0 amide bonds. The van der Waals surface area contributed by atoms with Gasteiger partial charge in [-0.05, 0) is 9.91 Å². The first-order valence-electron chi connectivity index (χ1n) is 3.07. The van der Waals surface area contributed by atoms with E-state index in [-0.39, 0.29) is 11.3 Å². The molecule has 2 rings (SSSR count). The quantitative estimate of drug-likeness (QED) is 0.482. The van der Waals surface area contributed by atoms with E-state index >= 15 is 0 Å². The molecule has 2 aromatic heterocycles. The summed E-state index contributed by atoms with van der Waals surface area (Å²) in [6.07, 6.45) is 2.45. The van der Waals surface area contributed by atoms with Crippen LogP contribution in [0.15, 0.2) is 12.7 Å². The molecule has 0 saturated carbocycles. The van der Waals surface area contributed by atoms with Gasteiger partial charge < -0.3 is 15.1 Å². The van der Waals surface area contributed by atoms with Crippen molar-refractivity contribution in [2.75, 3.05) is 0 Å². The van der Waals surface area contributed by atoms with Crippen molar-refractivity contribution in [1.82, 2.24) is 19.9 Å². The van der Waals surface area contributed by atoms with E-state index in [0.717, 1.165) is 6.33 Å². The molecule has 0 atom stereocenters. The van der Waals surface area contributed by atoms with Crippen LogP contribution in [-0.4, -0.2) is 24.9 Å². The Morgan fingerprint density at radius 2 is 2.25 bits per heavy atom. The predicted molar refractivity (Wildman–Crippen MR) is 38.3 cm³/mol. The minimum Gasteiger partial charge on any atom is -0.358 e. The van der Waals surface area contributed by atoms with Crippen molar-refractivity contribution < 1.29 is 4.92 Å². The van der Waals surface area contributed by atoms with E-state index < -0.39 is 4.92 Å². The van der Waals surface area contributed by atoms with Crippen molar-refractivity contribution in [1.29, 1.82) is 0 Å². The van der Waals surface area contributed by atoms with Gasteiger partial charge in [-0.15, -0.1) is 0 Å². The summed E-state index contributed by atoms with van der Waals surface area (Å²) in [6, 6.07) is 0. The molecule has 0 saturated heterocycles. The molecule has 0 aromatic carbocycles. The number of hydrogen-bond donors (Lipinski definition) is 1. The molecule has 12 heavy (non-hydrogen) atoms. The second kappa shape index (κ2) is 2.22. The zero-order valence-electron chi connectivity index (χ0n) is 5.76. The molecule has 7 nitrogen and oxygen atoms in total. The first-order chi connectivity index (χ1) is 5.79. The smallest absolute Gasteiger partial charge is 0.358 e. The van der Waals surface area contributed by atoms with Crippen LogP contribution in [0.25, 0.3) is 11.2 Å². The molecule has 60 valence electrons. The van der Waals surface area contributed by atoms with Crippen LogP contribution in [0.4, 0.5) is 5.82 Å². The van der Waals surface area contributed by atoms with Gasteiger partial charge in [0.05, 0.1) is 6.33 Å². The molecule has 0 spiro atoms. The monoisotopic (exact) mass is 165 g/mol. The molecule has 0 radical (unpaired) electrons. The maximum atomic E-state index is 10.4. The van der Waals surface area contributed by atoms with E-state index in [1.54, 1.807) is 0 Å². The number of nitrogens with zero attached hydrogens (tertiary/aromatic N) is 4. The summed E-state index contributed by atoms with van der Waals surface area (Å²) in [6.45, 7) is 0. The fraction of sp³-hybridized carbons (Fsp3) is 0. The van der Waals surface area contributed by atoms with E-state index in [9.17, 15) is 10.1 Å². The van der Waals surface area contributed by atoms with Crippen molar-refractivity contribution in [3.8, 4) is 0 Å². The third kappa shape index (κ3) is 0.797. The van der Waals surface area contributed by atoms with Crippen LogP contribution in [-0.2, 0) is 0 Å². The number of rotatable bonds is 1. The topological polar surface area (TPSA) is 97.6 Å². The van der Waals surface area contributed by atoms with E-state index in [4.69, 9.17) is 0 Å². The van der Waals surface area contributed by atoms with Crippen molar-refractivity contribution in [2.45, 2.75) is 0 Å². The average molecular weight is 165 g/mol. The first kappa shape index (κ1) is 6.65. The highest BCUT2D eigenvalue weighted by atomic mass is 16.6. The summed E-state index contributed by atoms with van der Waals surface area (Å²) >= 11 is 0. The van der Waals surface area contributed by atoms with Gasteiger partial charge in [0.2, 0.25) is 6.33 Å². The molecule has 0 fully saturated rings. The fourth-order valence-corrected chi connectivity index (χ4v) is 0.891. The zero-order chi connectivity index (χ0) is 8.55.